The highest BCUT2D eigenvalue weighted by Gasteiger charge is 2.08. The molecule has 18 heavy (non-hydrogen) atoms. The van der Waals surface area contributed by atoms with Crippen molar-refractivity contribution in [2.75, 3.05) is 5.73 Å². The van der Waals surface area contributed by atoms with Gasteiger partial charge in [-0.2, -0.15) is 0 Å². The predicted octanol–water partition coefficient (Wildman–Crippen LogP) is 2.96. The Morgan fingerprint density at radius 3 is 2.50 bits per heavy atom. The maximum absolute atomic E-state index is 6.12. The number of benzene rings is 2. The first kappa shape index (κ1) is 11.0. The Hall–Kier alpha value is -2.07. The van der Waals surface area contributed by atoms with Gasteiger partial charge in [-0.3, -0.25) is 0 Å². The molecule has 0 fully saturated rings. The molecule has 0 amide bonds. The summed E-state index contributed by atoms with van der Waals surface area (Å²) in [6.07, 6.45) is 0. The fourth-order valence-electron chi connectivity index (χ4n) is 1.81. The highest BCUT2D eigenvalue weighted by Crippen LogP contribution is 2.22. The Morgan fingerprint density at radius 1 is 1.11 bits per heavy atom. The lowest BCUT2D eigenvalue weighted by atomic mass is 10.2. The number of hydrogen-bond donors (Lipinski definition) is 1. The Morgan fingerprint density at radius 2 is 1.78 bits per heavy atom. The van der Waals surface area contributed by atoms with Crippen molar-refractivity contribution in [2.45, 2.75) is 6.92 Å². The molecule has 0 aliphatic carbocycles. The van der Waals surface area contributed by atoms with E-state index in [1.807, 2.05) is 43.3 Å². The summed E-state index contributed by atoms with van der Waals surface area (Å²) < 4.78 is 0. The third kappa shape index (κ3) is 1.71. The summed E-state index contributed by atoms with van der Waals surface area (Å²) in [5.74, 6) is 0. The van der Waals surface area contributed by atoms with Crippen LogP contribution in [0.25, 0.3) is 16.7 Å². The maximum atomic E-state index is 6.12. The van der Waals surface area contributed by atoms with E-state index in [2.05, 4.69) is 10.2 Å². The van der Waals surface area contributed by atoms with Crippen LogP contribution in [0.1, 0.15) is 5.56 Å². The number of rotatable bonds is 1. The van der Waals surface area contributed by atoms with Crippen molar-refractivity contribution in [1.29, 1.82) is 0 Å². The fourth-order valence-corrected chi connectivity index (χ4v) is 2.02. The second-order valence-electron chi connectivity index (χ2n) is 4.14. The summed E-state index contributed by atoms with van der Waals surface area (Å²) in [5, 5.41) is 9.41. The molecule has 90 valence electrons. The summed E-state index contributed by atoms with van der Waals surface area (Å²) in [6, 6.07) is 11.2. The molecule has 1 heterocycles. The molecule has 0 atom stereocenters. The van der Waals surface area contributed by atoms with Crippen molar-refractivity contribution in [3.63, 3.8) is 0 Å². The predicted molar refractivity (Wildman–Crippen MR) is 73.0 cm³/mol. The van der Waals surface area contributed by atoms with Crippen LogP contribution in [0.5, 0.6) is 0 Å². The van der Waals surface area contributed by atoms with Crippen LogP contribution >= 0.6 is 11.6 Å². The molecule has 0 spiro atoms. The van der Waals surface area contributed by atoms with Crippen LogP contribution in [0.4, 0.5) is 5.69 Å². The lowest BCUT2D eigenvalue weighted by Crippen LogP contribution is -1.98. The van der Waals surface area contributed by atoms with Crippen molar-refractivity contribution in [1.82, 2.24) is 15.0 Å². The largest absolute Gasteiger partial charge is 0.398 e. The molecule has 0 unspecified atom stereocenters. The standard InChI is InChI=1S/C13H11ClN4/c1-8-6-11-12(7-10(8)15)17-18(16-11)13-5-3-2-4-9(13)14/h2-7H,15H2,1H3. The molecule has 1 aromatic heterocycles. The summed E-state index contributed by atoms with van der Waals surface area (Å²) in [6.45, 7) is 1.95. The van der Waals surface area contributed by atoms with Crippen LogP contribution < -0.4 is 5.73 Å². The normalized spacial score (nSPS) is 11.0. The third-order valence-corrected chi connectivity index (χ3v) is 3.16. The van der Waals surface area contributed by atoms with Gasteiger partial charge < -0.3 is 5.73 Å². The van der Waals surface area contributed by atoms with Crippen LogP contribution in [0.3, 0.4) is 0 Å². The summed E-state index contributed by atoms with van der Waals surface area (Å²) in [5.41, 5.74) is 9.90. The lowest BCUT2D eigenvalue weighted by molar-refractivity contribution is 0.766. The Balaban J connectivity index is 2.23. The Bertz CT molecular complexity index is 694. The van der Waals surface area contributed by atoms with Crippen LogP contribution in [0.15, 0.2) is 36.4 Å². The minimum atomic E-state index is 0.613. The molecule has 3 aromatic rings. The number of para-hydroxylation sites is 1. The first-order valence-corrected chi connectivity index (χ1v) is 5.91. The molecule has 0 radical (unpaired) electrons. The molecule has 2 N–H and O–H groups in total. The SMILES string of the molecule is Cc1cc2nn(-c3ccccc3Cl)nc2cc1N. The number of aryl methyl sites for hydroxylation is 1. The second kappa shape index (κ2) is 3.99. The minimum absolute atomic E-state index is 0.613. The molecule has 0 aliphatic rings. The van der Waals surface area contributed by atoms with Crippen LogP contribution in [-0.4, -0.2) is 15.0 Å². The van der Waals surface area contributed by atoms with Crippen LogP contribution in [0.2, 0.25) is 5.02 Å². The number of anilines is 1. The number of nitrogens with two attached hydrogens (primary N) is 1. The van der Waals surface area contributed by atoms with Gasteiger partial charge in [0.05, 0.1) is 5.02 Å². The van der Waals surface area contributed by atoms with E-state index in [4.69, 9.17) is 17.3 Å². The summed E-state index contributed by atoms with van der Waals surface area (Å²) in [4.78, 5) is 1.53. The first-order valence-electron chi connectivity index (χ1n) is 5.53. The number of nitrogens with zero attached hydrogens (tertiary/aromatic N) is 3. The topological polar surface area (TPSA) is 56.7 Å². The van der Waals surface area contributed by atoms with Gasteiger partial charge in [0.15, 0.2) is 0 Å². The van der Waals surface area contributed by atoms with E-state index in [-0.39, 0.29) is 0 Å². The Labute approximate surface area is 109 Å². The number of nitrogen functional groups attached to an aromatic ring is 1. The average molecular weight is 259 g/mol. The van der Waals surface area contributed by atoms with Gasteiger partial charge in [-0.05, 0) is 36.8 Å². The van der Waals surface area contributed by atoms with Gasteiger partial charge in [-0.15, -0.1) is 15.0 Å². The zero-order valence-electron chi connectivity index (χ0n) is 9.76. The summed E-state index contributed by atoms with van der Waals surface area (Å²) >= 11 is 6.12. The van der Waals surface area contributed by atoms with Gasteiger partial charge in [0, 0.05) is 5.69 Å². The van der Waals surface area contributed by atoms with E-state index in [9.17, 15) is 0 Å². The molecule has 4 nitrogen and oxygen atoms in total. The molecule has 3 rings (SSSR count). The highest BCUT2D eigenvalue weighted by molar-refractivity contribution is 6.32. The number of fused-ring (bicyclic) bond motifs is 1. The van der Waals surface area contributed by atoms with E-state index in [1.165, 1.54) is 4.80 Å². The van der Waals surface area contributed by atoms with Crippen molar-refractivity contribution < 1.29 is 0 Å². The van der Waals surface area contributed by atoms with E-state index < -0.39 is 0 Å². The second-order valence-corrected chi connectivity index (χ2v) is 4.55. The van der Waals surface area contributed by atoms with Gasteiger partial charge >= 0.3 is 0 Å². The van der Waals surface area contributed by atoms with Crippen molar-refractivity contribution >= 4 is 28.3 Å². The zero-order chi connectivity index (χ0) is 12.7. The molecule has 2 aromatic carbocycles. The molecular formula is C13H11ClN4. The minimum Gasteiger partial charge on any atom is -0.398 e. The molecular weight excluding hydrogens is 248 g/mol. The van der Waals surface area contributed by atoms with Crippen molar-refractivity contribution in [3.8, 4) is 5.69 Å². The first-order chi connectivity index (χ1) is 8.65. The quantitative estimate of drug-likeness (QED) is 0.683. The van der Waals surface area contributed by atoms with E-state index in [1.54, 1.807) is 0 Å². The molecule has 0 saturated heterocycles. The molecule has 0 saturated carbocycles. The zero-order valence-corrected chi connectivity index (χ0v) is 10.5. The monoisotopic (exact) mass is 258 g/mol. The average Bonchev–Trinajstić information content (AvgIpc) is 2.73. The van der Waals surface area contributed by atoms with Gasteiger partial charge in [0.2, 0.25) is 0 Å². The van der Waals surface area contributed by atoms with Crippen molar-refractivity contribution in [3.05, 3.63) is 47.0 Å². The van der Waals surface area contributed by atoms with Crippen LogP contribution in [0, 0.1) is 6.92 Å². The third-order valence-electron chi connectivity index (χ3n) is 2.84. The molecule has 0 bridgehead atoms. The number of halogens is 1. The van der Waals surface area contributed by atoms with Gasteiger partial charge in [0.1, 0.15) is 16.7 Å². The number of hydrogen-bond acceptors (Lipinski definition) is 3. The van der Waals surface area contributed by atoms with Gasteiger partial charge in [-0.1, -0.05) is 23.7 Å². The fraction of sp³-hybridized carbons (Fsp3) is 0.0769. The van der Waals surface area contributed by atoms with Crippen LogP contribution in [-0.2, 0) is 0 Å². The smallest absolute Gasteiger partial charge is 0.115 e. The maximum Gasteiger partial charge on any atom is 0.115 e. The Kier molecular flexibility index (Phi) is 2.45. The van der Waals surface area contributed by atoms with E-state index in [0.29, 0.717) is 10.7 Å². The van der Waals surface area contributed by atoms with E-state index >= 15 is 0 Å². The number of aromatic nitrogens is 3. The van der Waals surface area contributed by atoms with E-state index in [0.717, 1.165) is 22.3 Å². The highest BCUT2D eigenvalue weighted by atomic mass is 35.5. The van der Waals surface area contributed by atoms with Crippen molar-refractivity contribution in [2.24, 2.45) is 0 Å². The van der Waals surface area contributed by atoms with Gasteiger partial charge in [0.25, 0.3) is 0 Å². The summed E-state index contributed by atoms with van der Waals surface area (Å²) in [7, 11) is 0. The lowest BCUT2D eigenvalue weighted by Gasteiger charge is -2.00. The molecule has 5 heteroatoms. The molecule has 0 aliphatic heterocycles. The van der Waals surface area contributed by atoms with Gasteiger partial charge in [-0.25, -0.2) is 0 Å².